The molecule has 37 heavy (non-hydrogen) atoms. The van der Waals surface area contributed by atoms with E-state index in [2.05, 4.69) is 61.2 Å². The van der Waals surface area contributed by atoms with Gasteiger partial charge in [0.15, 0.2) is 21.3 Å². The molecule has 2 aromatic heterocycles. The number of rotatable bonds is 1. The molecule has 196 valence electrons. The molecule has 2 aliphatic heterocycles. The van der Waals surface area contributed by atoms with E-state index in [0.717, 1.165) is 66.6 Å². The smallest absolute Gasteiger partial charge is 0.159 e. The maximum atomic E-state index is 6.09. The molecule has 3 N–H and O–H groups in total. The van der Waals surface area contributed by atoms with Crippen molar-refractivity contribution in [2.24, 2.45) is 0 Å². The molecule has 0 spiro atoms. The van der Waals surface area contributed by atoms with Crippen molar-refractivity contribution in [3.63, 3.8) is 0 Å². The highest BCUT2D eigenvalue weighted by Gasteiger charge is 2.20. The van der Waals surface area contributed by atoms with E-state index in [1.165, 1.54) is 0 Å². The number of hydrogen-bond donors (Lipinski definition) is 3. The Kier molecular flexibility index (Phi) is 10.1. The van der Waals surface area contributed by atoms with Crippen LogP contribution in [-0.4, -0.2) is 71.7 Å². The van der Waals surface area contributed by atoms with Crippen molar-refractivity contribution in [3.8, 4) is 0 Å². The number of nitrogens with zero attached hydrogens (tertiary/aromatic N) is 5. The number of fused-ring (bicyclic) bond motifs is 2. The van der Waals surface area contributed by atoms with Gasteiger partial charge in [0, 0.05) is 72.9 Å². The van der Waals surface area contributed by atoms with Crippen LogP contribution in [-0.2, 0) is 0 Å². The maximum absolute atomic E-state index is 6.09. The van der Waals surface area contributed by atoms with Crippen LogP contribution in [0.15, 0.2) is 48.5 Å². The Morgan fingerprint density at radius 3 is 1.68 bits per heavy atom. The summed E-state index contributed by atoms with van der Waals surface area (Å²) >= 11 is 17.7. The van der Waals surface area contributed by atoms with Crippen LogP contribution in [0.3, 0.4) is 0 Å². The van der Waals surface area contributed by atoms with Crippen LogP contribution in [0.2, 0.25) is 15.5 Å². The molecule has 11 heteroatoms. The molecular weight excluding hydrogens is 531 g/mol. The summed E-state index contributed by atoms with van der Waals surface area (Å²) in [5.41, 5.74) is 0. The normalized spacial score (nSPS) is 19.5. The van der Waals surface area contributed by atoms with Crippen LogP contribution in [0, 0.1) is 0 Å². The van der Waals surface area contributed by atoms with Crippen LogP contribution in [0.1, 0.15) is 13.8 Å². The summed E-state index contributed by atoms with van der Waals surface area (Å²) in [6, 6.07) is 16.6. The first kappa shape index (κ1) is 27.7. The topological polar surface area (TPSA) is 90.9 Å². The molecule has 8 nitrogen and oxygen atoms in total. The Hall–Kier alpha value is -2.33. The van der Waals surface area contributed by atoms with Crippen molar-refractivity contribution in [1.82, 2.24) is 36.3 Å². The van der Waals surface area contributed by atoms with Gasteiger partial charge in [0.1, 0.15) is 0 Å². The van der Waals surface area contributed by atoms with E-state index in [9.17, 15) is 0 Å². The summed E-state index contributed by atoms with van der Waals surface area (Å²) in [6.07, 6.45) is 0. The summed E-state index contributed by atoms with van der Waals surface area (Å²) in [6.45, 7) is 10.6. The third-order valence-electron chi connectivity index (χ3n) is 6.13. The second-order valence-corrected chi connectivity index (χ2v) is 10.1. The number of aromatic nitrogens is 4. The van der Waals surface area contributed by atoms with Gasteiger partial charge in [-0.05, 0) is 13.8 Å². The molecule has 4 heterocycles. The molecule has 0 aliphatic carbocycles. The fourth-order valence-electron chi connectivity index (χ4n) is 4.25. The molecule has 0 radical (unpaired) electrons. The average molecular weight is 562 g/mol. The lowest BCUT2D eigenvalue weighted by molar-refractivity contribution is 0.442. The van der Waals surface area contributed by atoms with Gasteiger partial charge in [0.2, 0.25) is 0 Å². The van der Waals surface area contributed by atoms with Crippen LogP contribution >= 0.6 is 34.8 Å². The molecule has 0 saturated carbocycles. The molecular formula is C26H31Cl3N8. The van der Waals surface area contributed by atoms with Crippen molar-refractivity contribution in [2.45, 2.75) is 25.9 Å². The predicted octanol–water partition coefficient (Wildman–Crippen LogP) is 4.59. The summed E-state index contributed by atoms with van der Waals surface area (Å²) in [5.74, 6) is 0.934. The molecule has 2 aliphatic rings. The Labute approximate surface area is 232 Å². The van der Waals surface area contributed by atoms with E-state index < -0.39 is 0 Å². The minimum absolute atomic E-state index is 0.384. The molecule has 0 bridgehead atoms. The van der Waals surface area contributed by atoms with Crippen molar-refractivity contribution in [2.75, 3.05) is 44.2 Å². The number of benzene rings is 2. The first-order chi connectivity index (χ1) is 17.9. The van der Waals surface area contributed by atoms with E-state index in [0.29, 0.717) is 27.5 Å². The highest BCUT2D eigenvalue weighted by atomic mass is 35.5. The van der Waals surface area contributed by atoms with Crippen LogP contribution in [0.25, 0.3) is 21.5 Å². The van der Waals surface area contributed by atoms with Crippen LogP contribution in [0.5, 0.6) is 0 Å². The highest BCUT2D eigenvalue weighted by Crippen LogP contribution is 2.28. The lowest BCUT2D eigenvalue weighted by atomic mass is 10.1. The van der Waals surface area contributed by atoms with E-state index >= 15 is 0 Å². The van der Waals surface area contributed by atoms with Gasteiger partial charge in [-0.2, -0.15) is 0 Å². The zero-order valence-electron chi connectivity index (χ0n) is 20.9. The van der Waals surface area contributed by atoms with E-state index in [1.54, 1.807) is 0 Å². The standard InChI is InChI=1S/C13H15ClN4.C8H4Cl2N2.C5H12N2/c1-9-8-18(7-6-15-9)13-11-5-3-2-4-10(11)12(14)16-17-13;9-7-5-3-1-2-4-6(5)8(10)12-11-7;1-5-4-6-2-3-7-5/h2-5,9,15H,6-8H2,1H3;1-4H;5-7H,2-4H2,1H3/t9-;;5-/m0.0/s1. The van der Waals surface area contributed by atoms with E-state index in [1.807, 2.05) is 42.5 Å². The minimum Gasteiger partial charge on any atom is -0.352 e. The monoisotopic (exact) mass is 560 g/mol. The van der Waals surface area contributed by atoms with Crippen LogP contribution < -0.4 is 20.9 Å². The fourth-order valence-corrected chi connectivity index (χ4v) is 4.86. The molecule has 2 atom stereocenters. The van der Waals surface area contributed by atoms with Crippen molar-refractivity contribution in [1.29, 1.82) is 0 Å². The maximum Gasteiger partial charge on any atom is 0.159 e. The molecule has 4 aromatic rings. The van der Waals surface area contributed by atoms with Gasteiger partial charge in [-0.3, -0.25) is 0 Å². The molecule has 2 fully saturated rings. The van der Waals surface area contributed by atoms with E-state index in [4.69, 9.17) is 34.8 Å². The molecule has 2 aromatic carbocycles. The third-order valence-corrected chi connectivity index (χ3v) is 6.97. The molecule has 6 rings (SSSR count). The molecule has 0 unspecified atom stereocenters. The Bertz CT molecular complexity index is 1280. The van der Waals surface area contributed by atoms with Gasteiger partial charge >= 0.3 is 0 Å². The third kappa shape index (κ3) is 7.37. The largest absolute Gasteiger partial charge is 0.352 e. The van der Waals surface area contributed by atoms with Gasteiger partial charge in [0.05, 0.1) is 0 Å². The van der Waals surface area contributed by atoms with E-state index in [-0.39, 0.29) is 0 Å². The summed E-state index contributed by atoms with van der Waals surface area (Å²) in [7, 11) is 0. The Morgan fingerprint density at radius 1 is 0.676 bits per heavy atom. The van der Waals surface area contributed by atoms with Crippen LogP contribution in [0.4, 0.5) is 5.82 Å². The van der Waals surface area contributed by atoms with Gasteiger partial charge < -0.3 is 20.9 Å². The second kappa shape index (κ2) is 13.5. The predicted molar refractivity (Wildman–Crippen MR) is 154 cm³/mol. The number of anilines is 1. The van der Waals surface area contributed by atoms with Gasteiger partial charge in [0.25, 0.3) is 0 Å². The molecule has 0 amide bonds. The van der Waals surface area contributed by atoms with Gasteiger partial charge in [-0.25, -0.2) is 0 Å². The number of piperazine rings is 2. The summed E-state index contributed by atoms with van der Waals surface area (Å²) in [4.78, 5) is 2.27. The van der Waals surface area contributed by atoms with Crippen molar-refractivity contribution in [3.05, 3.63) is 64.0 Å². The summed E-state index contributed by atoms with van der Waals surface area (Å²) in [5, 5.41) is 30.7. The van der Waals surface area contributed by atoms with Gasteiger partial charge in [-0.1, -0.05) is 83.3 Å². The van der Waals surface area contributed by atoms with Crippen molar-refractivity contribution < 1.29 is 0 Å². The first-order valence-corrected chi connectivity index (χ1v) is 13.5. The quantitative estimate of drug-likeness (QED) is 0.311. The lowest BCUT2D eigenvalue weighted by Crippen LogP contribution is -2.49. The zero-order chi connectivity index (χ0) is 26.2. The number of halogens is 3. The Balaban J connectivity index is 0.000000144. The Morgan fingerprint density at radius 2 is 1.19 bits per heavy atom. The summed E-state index contributed by atoms with van der Waals surface area (Å²) < 4.78 is 0. The van der Waals surface area contributed by atoms with Crippen molar-refractivity contribution >= 4 is 62.2 Å². The SMILES string of the molecule is C[C@H]1CN(c2nnc(Cl)c3ccccc23)CCN1.C[C@H]1CNCCN1.Clc1nnc(Cl)c2ccccc12. The lowest BCUT2D eigenvalue weighted by Gasteiger charge is -2.33. The first-order valence-electron chi connectivity index (χ1n) is 12.3. The number of nitrogens with one attached hydrogen (secondary N) is 3. The molecule has 2 saturated heterocycles. The second-order valence-electron chi connectivity index (χ2n) is 9.05. The zero-order valence-corrected chi connectivity index (χ0v) is 23.2. The average Bonchev–Trinajstić information content (AvgIpc) is 2.93. The number of hydrogen-bond acceptors (Lipinski definition) is 8. The highest BCUT2D eigenvalue weighted by molar-refractivity contribution is 6.38. The van der Waals surface area contributed by atoms with Gasteiger partial charge in [-0.15, -0.1) is 20.4 Å². The minimum atomic E-state index is 0.384. The fraction of sp³-hybridized carbons (Fsp3) is 0.385.